The number of aromatic nitrogens is 2. The van der Waals surface area contributed by atoms with Gasteiger partial charge in [-0.05, 0) is 33.6 Å². The summed E-state index contributed by atoms with van der Waals surface area (Å²) in [6.07, 6.45) is -3.43. The normalized spacial score (nSPS) is 29.4. The first-order chi connectivity index (χ1) is 13.8. The molecule has 1 aliphatic rings. The van der Waals surface area contributed by atoms with Crippen molar-refractivity contribution < 1.29 is 34.0 Å². The molecule has 1 aromatic rings. The van der Waals surface area contributed by atoms with E-state index in [1.54, 1.807) is 20.8 Å². The van der Waals surface area contributed by atoms with Crippen molar-refractivity contribution in [2.45, 2.75) is 96.2 Å². The predicted molar refractivity (Wildman–Crippen MR) is 109 cm³/mol. The number of hydrogen-bond donors (Lipinski definition) is 5. The van der Waals surface area contributed by atoms with Gasteiger partial charge in [0.25, 0.3) is 5.56 Å². The van der Waals surface area contributed by atoms with Crippen LogP contribution in [0, 0.1) is 13.8 Å². The molecule has 0 bridgehead atoms. The average molecular weight is 448 g/mol. The van der Waals surface area contributed by atoms with Gasteiger partial charge in [0.15, 0.2) is 5.85 Å². The van der Waals surface area contributed by atoms with Crippen LogP contribution in [0.3, 0.4) is 0 Å². The maximum atomic E-state index is 12.4. The summed E-state index contributed by atoms with van der Waals surface area (Å²) in [4.78, 5) is 28.7. The van der Waals surface area contributed by atoms with Crippen molar-refractivity contribution in [3.8, 4) is 0 Å². The van der Waals surface area contributed by atoms with Gasteiger partial charge in [0.05, 0.1) is 17.4 Å². The van der Waals surface area contributed by atoms with Crippen molar-refractivity contribution in [2.75, 3.05) is 0 Å². The molecule has 10 nitrogen and oxygen atoms in total. The molecule has 0 aromatic carbocycles. The zero-order valence-electron chi connectivity index (χ0n) is 18.0. The van der Waals surface area contributed by atoms with Crippen LogP contribution < -0.4 is 5.56 Å². The SMILES string of the molecule is CCCC(C)(C[C@H]1O[C@@H](c2nc(C)c(=O)[nH]c2C)[C@@H](O)C1O)OP(=O)(O)C(O)CC. The second-order valence-electron chi connectivity index (χ2n) is 8.19. The van der Waals surface area contributed by atoms with Gasteiger partial charge in [0.2, 0.25) is 0 Å². The summed E-state index contributed by atoms with van der Waals surface area (Å²) in [6, 6.07) is 0. The molecule has 7 atom stereocenters. The molecule has 4 unspecified atom stereocenters. The van der Waals surface area contributed by atoms with Gasteiger partial charge >= 0.3 is 7.60 Å². The molecule has 2 rings (SSSR count). The quantitative estimate of drug-likeness (QED) is 0.352. The van der Waals surface area contributed by atoms with E-state index in [1.165, 1.54) is 6.92 Å². The molecule has 5 N–H and O–H groups in total. The molecule has 0 aliphatic carbocycles. The van der Waals surface area contributed by atoms with Gasteiger partial charge in [-0.1, -0.05) is 20.3 Å². The third-order valence-corrected chi connectivity index (χ3v) is 7.26. The first kappa shape index (κ1) is 25.1. The Morgan fingerprint density at radius 3 is 2.50 bits per heavy atom. The summed E-state index contributed by atoms with van der Waals surface area (Å²) in [7, 11) is -4.32. The molecule has 1 fully saturated rings. The highest BCUT2D eigenvalue weighted by molar-refractivity contribution is 7.53. The molecule has 0 saturated carbocycles. The van der Waals surface area contributed by atoms with Crippen LogP contribution in [-0.4, -0.2) is 59.9 Å². The standard InChI is InChI=1S/C19H33N2O8P/c1-6-8-19(5,29-30(26,27)13(22)7-2)9-12-15(23)16(24)17(28-12)14-10(3)21-18(25)11(4)20-14/h12-13,15-17,22-24H,6-9H2,1-5H3,(H,21,25)(H,26,27)/t12-,13?,15?,16+,17+,19?/m1/s1. The molecule has 1 aromatic heterocycles. The molecular weight excluding hydrogens is 415 g/mol. The minimum atomic E-state index is -4.32. The van der Waals surface area contributed by atoms with E-state index in [2.05, 4.69) is 9.97 Å². The van der Waals surface area contributed by atoms with E-state index in [1.807, 2.05) is 6.92 Å². The molecule has 172 valence electrons. The summed E-state index contributed by atoms with van der Waals surface area (Å²) in [5, 5.41) is 31.0. The van der Waals surface area contributed by atoms with Gasteiger partial charge in [-0.2, -0.15) is 0 Å². The molecule has 30 heavy (non-hydrogen) atoms. The molecule has 0 spiro atoms. The highest BCUT2D eigenvalue weighted by Gasteiger charge is 2.49. The van der Waals surface area contributed by atoms with E-state index >= 15 is 0 Å². The number of aryl methyl sites for hydroxylation is 2. The lowest BCUT2D eigenvalue weighted by Crippen LogP contribution is -2.39. The van der Waals surface area contributed by atoms with Crippen molar-refractivity contribution in [1.82, 2.24) is 9.97 Å². The fourth-order valence-corrected chi connectivity index (χ4v) is 5.19. The van der Waals surface area contributed by atoms with Crippen LogP contribution >= 0.6 is 7.60 Å². The lowest BCUT2D eigenvalue weighted by atomic mass is 9.91. The van der Waals surface area contributed by atoms with Gasteiger partial charge < -0.3 is 34.5 Å². The summed E-state index contributed by atoms with van der Waals surface area (Å²) < 4.78 is 23.8. The Labute approximate surface area is 175 Å². The van der Waals surface area contributed by atoms with E-state index in [9.17, 15) is 29.6 Å². The van der Waals surface area contributed by atoms with E-state index in [0.717, 1.165) is 0 Å². The number of aliphatic hydroxyl groups is 3. The maximum Gasteiger partial charge on any atom is 0.356 e. The van der Waals surface area contributed by atoms with E-state index in [0.29, 0.717) is 24.2 Å². The second kappa shape index (κ2) is 9.56. The number of H-pyrrole nitrogens is 1. The molecule has 2 heterocycles. The number of aromatic amines is 1. The van der Waals surface area contributed by atoms with Gasteiger partial charge in [0.1, 0.15) is 24.0 Å². The number of hydrogen-bond acceptors (Lipinski definition) is 8. The highest BCUT2D eigenvalue weighted by atomic mass is 31.2. The summed E-state index contributed by atoms with van der Waals surface area (Å²) in [5.41, 5.74) is -0.593. The Bertz CT molecular complexity index is 846. The predicted octanol–water partition coefficient (Wildman–Crippen LogP) is 1.43. The molecule has 1 aliphatic heterocycles. The summed E-state index contributed by atoms with van der Waals surface area (Å²) in [6.45, 7) is 8.21. The number of aliphatic hydroxyl groups excluding tert-OH is 3. The van der Waals surface area contributed by atoms with Crippen LogP contribution in [0.5, 0.6) is 0 Å². The molecule has 1 saturated heterocycles. The molecule has 0 amide bonds. The number of nitrogens with one attached hydrogen (secondary N) is 1. The number of ether oxygens (including phenoxy) is 1. The Morgan fingerprint density at radius 1 is 1.30 bits per heavy atom. The van der Waals surface area contributed by atoms with Crippen LogP contribution in [0.1, 0.15) is 69.6 Å². The van der Waals surface area contributed by atoms with Gasteiger partial charge in [-0.25, -0.2) is 4.98 Å². The zero-order valence-corrected chi connectivity index (χ0v) is 18.9. The summed E-state index contributed by atoms with van der Waals surface area (Å²) in [5.74, 6) is -1.52. The van der Waals surface area contributed by atoms with Crippen LogP contribution in [0.15, 0.2) is 4.79 Å². The first-order valence-corrected chi connectivity index (χ1v) is 11.8. The molecule has 0 radical (unpaired) electrons. The van der Waals surface area contributed by atoms with E-state index < -0.39 is 43.5 Å². The third-order valence-electron chi connectivity index (χ3n) is 5.44. The highest BCUT2D eigenvalue weighted by Crippen LogP contribution is 2.53. The largest absolute Gasteiger partial charge is 0.388 e. The fraction of sp³-hybridized carbons (Fsp3) is 0.789. The van der Waals surface area contributed by atoms with E-state index in [4.69, 9.17) is 9.26 Å². The Balaban J connectivity index is 2.27. The van der Waals surface area contributed by atoms with E-state index in [-0.39, 0.29) is 24.1 Å². The minimum Gasteiger partial charge on any atom is -0.388 e. The monoisotopic (exact) mass is 448 g/mol. The smallest absolute Gasteiger partial charge is 0.356 e. The van der Waals surface area contributed by atoms with Crippen LogP contribution in [0.4, 0.5) is 0 Å². The van der Waals surface area contributed by atoms with Crippen molar-refractivity contribution >= 4 is 7.60 Å². The van der Waals surface area contributed by atoms with Crippen molar-refractivity contribution in [3.05, 3.63) is 27.4 Å². The Morgan fingerprint density at radius 2 is 1.93 bits per heavy atom. The maximum absolute atomic E-state index is 12.4. The summed E-state index contributed by atoms with van der Waals surface area (Å²) >= 11 is 0. The lowest BCUT2D eigenvalue weighted by Gasteiger charge is -2.35. The number of nitrogens with zero attached hydrogens (tertiary/aromatic N) is 1. The average Bonchev–Trinajstić information content (AvgIpc) is 2.91. The van der Waals surface area contributed by atoms with Gasteiger partial charge in [-0.3, -0.25) is 9.36 Å². The lowest BCUT2D eigenvalue weighted by molar-refractivity contribution is -0.0520. The molecule has 11 heteroatoms. The zero-order chi connectivity index (χ0) is 22.9. The third kappa shape index (κ3) is 5.37. The van der Waals surface area contributed by atoms with Crippen molar-refractivity contribution in [3.63, 3.8) is 0 Å². The first-order valence-electron chi connectivity index (χ1n) is 10.2. The van der Waals surface area contributed by atoms with Crippen molar-refractivity contribution in [1.29, 1.82) is 0 Å². The number of rotatable bonds is 9. The van der Waals surface area contributed by atoms with Crippen LogP contribution in [-0.2, 0) is 13.8 Å². The van der Waals surface area contributed by atoms with Crippen LogP contribution in [0.25, 0.3) is 0 Å². The van der Waals surface area contributed by atoms with Crippen molar-refractivity contribution in [2.24, 2.45) is 0 Å². The van der Waals surface area contributed by atoms with Gasteiger partial charge in [-0.15, -0.1) is 0 Å². The Kier molecular flexibility index (Phi) is 8.01. The fourth-order valence-electron chi connectivity index (χ4n) is 3.81. The Hall–Kier alpha value is -1.13. The molecular formula is C19H33N2O8P. The minimum absolute atomic E-state index is 0.0118. The van der Waals surface area contributed by atoms with Crippen LogP contribution in [0.2, 0.25) is 0 Å². The van der Waals surface area contributed by atoms with Gasteiger partial charge in [0, 0.05) is 12.1 Å². The second-order valence-corrected chi connectivity index (χ2v) is 10.1. The topological polar surface area (TPSA) is 162 Å².